The Morgan fingerprint density at radius 3 is 2.41 bits per heavy atom. The van der Waals surface area contributed by atoms with E-state index in [1.54, 1.807) is 7.11 Å². The number of ketones is 1. The summed E-state index contributed by atoms with van der Waals surface area (Å²) in [6.45, 7) is 2.85. The number of allylic oxidation sites excluding steroid dienone is 2. The van der Waals surface area contributed by atoms with Crippen molar-refractivity contribution in [3.8, 4) is 0 Å². The third-order valence-electron chi connectivity index (χ3n) is 3.95. The number of aliphatic hydroxyl groups is 1. The number of carbonyl (C=O) groups is 1. The zero-order chi connectivity index (χ0) is 15.7. The van der Waals surface area contributed by atoms with E-state index >= 15 is 0 Å². The number of hydrogen-bond acceptors (Lipinski definition) is 3. The molecule has 1 saturated heterocycles. The van der Waals surface area contributed by atoms with Gasteiger partial charge in [0.15, 0.2) is 5.78 Å². The van der Waals surface area contributed by atoms with Crippen molar-refractivity contribution in [1.29, 1.82) is 0 Å². The van der Waals surface area contributed by atoms with Gasteiger partial charge in [-0.2, -0.15) is 18.4 Å². The van der Waals surface area contributed by atoms with Crippen LogP contribution >= 0.6 is 0 Å². The predicted octanol–water partition coefficient (Wildman–Crippen LogP) is 4.31. The van der Waals surface area contributed by atoms with Crippen molar-refractivity contribution in [2.45, 2.75) is 71.1 Å². The molecule has 3 unspecified atom stereocenters. The van der Waals surface area contributed by atoms with Crippen LogP contribution in [0.25, 0.3) is 5.32 Å². The van der Waals surface area contributed by atoms with Gasteiger partial charge in [0.1, 0.15) is 0 Å². The van der Waals surface area contributed by atoms with Crippen LogP contribution in [-0.2, 0) is 29.6 Å². The zero-order valence-corrected chi connectivity index (χ0v) is 16.3. The number of carbonyl (C=O) groups excluding carboxylic acids is 1. The van der Waals surface area contributed by atoms with Crippen LogP contribution in [0, 0.1) is 12.3 Å². The van der Waals surface area contributed by atoms with Gasteiger partial charge in [0.2, 0.25) is 0 Å². The number of methoxy groups -OCH3 is 1. The van der Waals surface area contributed by atoms with Crippen molar-refractivity contribution in [2.24, 2.45) is 5.92 Å². The first-order chi connectivity index (χ1) is 10.0. The summed E-state index contributed by atoms with van der Waals surface area (Å²) in [5.41, 5.74) is 0. The van der Waals surface area contributed by atoms with Gasteiger partial charge >= 0.3 is 0 Å². The van der Waals surface area contributed by atoms with Crippen LogP contribution in [0.4, 0.5) is 0 Å². The second-order valence-corrected chi connectivity index (χ2v) is 5.92. The van der Waals surface area contributed by atoms with Crippen molar-refractivity contribution >= 4 is 5.78 Å². The molecule has 1 aliphatic heterocycles. The molecule has 0 aromatic carbocycles. The fourth-order valence-corrected chi connectivity index (χ4v) is 2.99. The van der Waals surface area contributed by atoms with Crippen LogP contribution in [-0.4, -0.2) is 30.3 Å². The zero-order valence-electron chi connectivity index (χ0n) is 13.9. The number of aliphatic hydroxyl groups excluding tert-OH is 1. The molecule has 1 aliphatic carbocycles. The molecule has 0 spiro atoms. The third-order valence-corrected chi connectivity index (χ3v) is 3.95. The Labute approximate surface area is 148 Å². The summed E-state index contributed by atoms with van der Waals surface area (Å²) in [4.78, 5) is 10.0. The minimum atomic E-state index is -0.125. The van der Waals surface area contributed by atoms with E-state index < -0.39 is 0 Å². The Kier molecular flexibility index (Phi) is 12.1. The van der Waals surface area contributed by atoms with Crippen LogP contribution in [0.3, 0.4) is 0 Å². The van der Waals surface area contributed by atoms with Crippen molar-refractivity contribution in [2.75, 3.05) is 7.11 Å². The second-order valence-electron chi connectivity index (χ2n) is 5.92. The quantitative estimate of drug-likeness (QED) is 0.367. The monoisotopic (exact) mass is 488 g/mol. The normalized spacial score (nSPS) is 28.9. The van der Waals surface area contributed by atoms with E-state index in [1.807, 2.05) is 0 Å². The Bertz CT molecular complexity index is 337. The standard InChI is InChI=1S/C12H21NO.C5H8O2.Ir/c1-14-12-9-5-8-11(13-12)10-6-3-2-4-7-10;1-4(6)3-5(2)7;/h6,10-12H,2-5,7-9H2,1H3;3,6H,1-2H3;/q-2;;/b;4-3-;. The molecule has 4 nitrogen and oxygen atoms in total. The predicted molar refractivity (Wildman–Crippen MR) is 85.1 cm³/mol. The number of nitrogens with zero attached hydrogens (tertiary/aromatic N) is 1. The number of hydrogen-bond donors (Lipinski definition) is 1. The summed E-state index contributed by atoms with van der Waals surface area (Å²) in [5, 5.41) is 13.1. The molecule has 1 heterocycles. The van der Waals surface area contributed by atoms with Crippen molar-refractivity contribution in [1.82, 2.24) is 0 Å². The van der Waals surface area contributed by atoms with Gasteiger partial charge in [-0.05, 0) is 26.5 Å². The molecule has 1 radical (unpaired) electrons. The summed E-state index contributed by atoms with van der Waals surface area (Å²) < 4.78 is 5.33. The number of piperidine rings is 1. The first kappa shape index (κ1) is 21.8. The summed E-state index contributed by atoms with van der Waals surface area (Å²) in [7, 11) is 1.78. The fraction of sp³-hybridized carbons (Fsp3) is 0.765. The molecule has 0 bridgehead atoms. The van der Waals surface area contributed by atoms with Gasteiger partial charge in [-0.1, -0.05) is 32.1 Å². The topological polar surface area (TPSA) is 60.6 Å². The molecule has 0 aromatic rings. The summed E-state index contributed by atoms with van der Waals surface area (Å²) in [6, 6.07) is 0.564. The molecule has 0 amide bonds. The Hall–Kier alpha value is -0.221. The average molecular weight is 488 g/mol. The van der Waals surface area contributed by atoms with Crippen molar-refractivity contribution in [3.63, 3.8) is 0 Å². The van der Waals surface area contributed by atoms with Crippen LogP contribution in [0.15, 0.2) is 11.8 Å². The molecule has 2 fully saturated rings. The SMILES string of the molecule is CC(=O)/C=C(/C)O.COC1CCCC(C2[CH-]CCCC2)[N-]1.[Ir]. The van der Waals surface area contributed by atoms with Crippen LogP contribution < -0.4 is 0 Å². The third kappa shape index (κ3) is 9.04. The van der Waals surface area contributed by atoms with E-state index in [2.05, 4.69) is 6.42 Å². The van der Waals surface area contributed by atoms with Crippen LogP contribution in [0.2, 0.25) is 0 Å². The van der Waals surface area contributed by atoms with Gasteiger partial charge in [-0.15, -0.1) is 0 Å². The second kappa shape index (κ2) is 12.2. The molecule has 2 rings (SSSR count). The smallest absolute Gasteiger partial charge is 0.155 e. The van der Waals surface area contributed by atoms with E-state index in [1.165, 1.54) is 58.4 Å². The fourth-order valence-electron chi connectivity index (χ4n) is 2.99. The summed E-state index contributed by atoms with van der Waals surface area (Å²) in [6.07, 6.45) is 13.0. The minimum Gasteiger partial charge on any atom is -0.636 e. The average Bonchev–Trinajstić information content (AvgIpc) is 2.47. The van der Waals surface area contributed by atoms with Crippen LogP contribution in [0.5, 0.6) is 0 Å². The number of ether oxygens (including phenoxy) is 1. The van der Waals surface area contributed by atoms with E-state index in [-0.39, 0.29) is 37.9 Å². The summed E-state index contributed by atoms with van der Waals surface area (Å²) in [5.74, 6) is 0.689. The van der Waals surface area contributed by atoms with Gasteiger partial charge in [0, 0.05) is 33.3 Å². The first-order valence-electron chi connectivity index (χ1n) is 7.97. The van der Waals surface area contributed by atoms with E-state index in [0.29, 0.717) is 6.04 Å². The van der Waals surface area contributed by atoms with E-state index in [9.17, 15) is 4.79 Å². The van der Waals surface area contributed by atoms with E-state index in [4.69, 9.17) is 15.2 Å². The maximum atomic E-state index is 10.0. The molecule has 22 heavy (non-hydrogen) atoms. The maximum Gasteiger partial charge on any atom is 0.155 e. The Morgan fingerprint density at radius 1 is 1.23 bits per heavy atom. The molecule has 5 heteroatoms. The van der Waals surface area contributed by atoms with Gasteiger partial charge in [0.05, 0.1) is 5.76 Å². The van der Waals surface area contributed by atoms with Gasteiger partial charge in [0.25, 0.3) is 0 Å². The Morgan fingerprint density at radius 2 is 1.95 bits per heavy atom. The first-order valence-corrected chi connectivity index (χ1v) is 7.97. The van der Waals surface area contributed by atoms with Gasteiger partial charge in [-0.25, -0.2) is 0 Å². The molecule has 1 N–H and O–H groups in total. The molecule has 1 saturated carbocycles. The Balaban J connectivity index is 0.000000478. The number of rotatable bonds is 3. The molecular formula is C17H29IrNO3-2. The van der Waals surface area contributed by atoms with E-state index in [0.717, 1.165) is 12.3 Å². The van der Waals surface area contributed by atoms with Crippen LogP contribution in [0.1, 0.15) is 58.8 Å². The summed E-state index contributed by atoms with van der Waals surface area (Å²) >= 11 is 0. The minimum absolute atomic E-state index is 0. The molecule has 2 aliphatic rings. The molecule has 0 aromatic heterocycles. The van der Waals surface area contributed by atoms with Gasteiger partial charge < -0.3 is 21.6 Å². The molecule has 3 atom stereocenters. The van der Waals surface area contributed by atoms with Gasteiger partial charge in [-0.3, -0.25) is 4.79 Å². The molecule has 131 valence electrons. The van der Waals surface area contributed by atoms with Crippen molar-refractivity contribution < 1.29 is 34.7 Å². The largest absolute Gasteiger partial charge is 0.636 e. The van der Waals surface area contributed by atoms with Crippen molar-refractivity contribution in [3.05, 3.63) is 23.6 Å². The maximum absolute atomic E-state index is 10.0. The molecular weight excluding hydrogens is 458 g/mol.